The van der Waals surface area contributed by atoms with E-state index in [9.17, 15) is 4.79 Å². The SMILES string of the molecule is CC(CN(CCCc1ccccc1)c1ccccc1)C(=O)O. The molecule has 116 valence electrons. The van der Waals surface area contributed by atoms with E-state index in [0.29, 0.717) is 6.54 Å². The number of carbonyl (C=O) groups is 1. The van der Waals surface area contributed by atoms with Crippen LogP contribution < -0.4 is 4.90 Å². The van der Waals surface area contributed by atoms with Crippen molar-refractivity contribution < 1.29 is 9.90 Å². The van der Waals surface area contributed by atoms with E-state index in [1.807, 2.05) is 36.4 Å². The van der Waals surface area contributed by atoms with Gasteiger partial charge >= 0.3 is 5.97 Å². The van der Waals surface area contributed by atoms with Crippen LogP contribution in [0.1, 0.15) is 18.9 Å². The van der Waals surface area contributed by atoms with Crippen LogP contribution in [-0.4, -0.2) is 24.2 Å². The van der Waals surface area contributed by atoms with Crippen LogP contribution in [0.3, 0.4) is 0 Å². The second-order valence-electron chi connectivity index (χ2n) is 5.61. The Hall–Kier alpha value is -2.29. The first-order valence-corrected chi connectivity index (χ1v) is 7.73. The Morgan fingerprint density at radius 3 is 2.23 bits per heavy atom. The maximum Gasteiger partial charge on any atom is 0.308 e. The summed E-state index contributed by atoms with van der Waals surface area (Å²) in [4.78, 5) is 13.3. The minimum absolute atomic E-state index is 0.378. The molecule has 3 nitrogen and oxygen atoms in total. The van der Waals surface area contributed by atoms with Crippen molar-refractivity contribution >= 4 is 11.7 Å². The molecule has 3 heteroatoms. The van der Waals surface area contributed by atoms with Gasteiger partial charge in [0.2, 0.25) is 0 Å². The summed E-state index contributed by atoms with van der Waals surface area (Å²) in [6.45, 7) is 3.15. The van der Waals surface area contributed by atoms with Crippen LogP contribution in [0.15, 0.2) is 60.7 Å². The fourth-order valence-electron chi connectivity index (χ4n) is 2.49. The Kier molecular flexibility index (Phi) is 6.01. The van der Waals surface area contributed by atoms with Gasteiger partial charge in [0.05, 0.1) is 5.92 Å². The lowest BCUT2D eigenvalue weighted by molar-refractivity contribution is -0.140. The third-order valence-electron chi connectivity index (χ3n) is 3.77. The maximum absolute atomic E-state index is 11.1. The minimum Gasteiger partial charge on any atom is -0.481 e. The summed E-state index contributed by atoms with van der Waals surface area (Å²) in [5.41, 5.74) is 2.41. The number of hydrogen-bond acceptors (Lipinski definition) is 2. The van der Waals surface area contributed by atoms with Gasteiger partial charge in [0.15, 0.2) is 0 Å². The summed E-state index contributed by atoms with van der Waals surface area (Å²) < 4.78 is 0. The van der Waals surface area contributed by atoms with Gasteiger partial charge < -0.3 is 10.0 Å². The van der Waals surface area contributed by atoms with Crippen LogP contribution in [0.25, 0.3) is 0 Å². The molecule has 22 heavy (non-hydrogen) atoms. The zero-order valence-corrected chi connectivity index (χ0v) is 13.0. The summed E-state index contributed by atoms with van der Waals surface area (Å²) in [5.74, 6) is -1.12. The van der Waals surface area contributed by atoms with E-state index >= 15 is 0 Å². The van der Waals surface area contributed by atoms with Crippen molar-refractivity contribution in [3.8, 4) is 0 Å². The molecule has 2 rings (SSSR count). The number of nitrogens with zero attached hydrogens (tertiary/aromatic N) is 1. The van der Waals surface area contributed by atoms with Crippen LogP contribution >= 0.6 is 0 Å². The highest BCUT2D eigenvalue weighted by Gasteiger charge is 2.16. The predicted molar refractivity (Wildman–Crippen MR) is 90.2 cm³/mol. The third-order valence-corrected chi connectivity index (χ3v) is 3.77. The van der Waals surface area contributed by atoms with Crippen LogP contribution in [0.4, 0.5) is 5.69 Å². The van der Waals surface area contributed by atoms with Gasteiger partial charge in [-0.3, -0.25) is 4.79 Å². The average Bonchev–Trinajstić information content (AvgIpc) is 2.55. The maximum atomic E-state index is 11.1. The Morgan fingerprint density at radius 2 is 1.64 bits per heavy atom. The van der Waals surface area contributed by atoms with Crippen LogP contribution in [0, 0.1) is 5.92 Å². The van der Waals surface area contributed by atoms with Crippen molar-refractivity contribution in [2.45, 2.75) is 19.8 Å². The van der Waals surface area contributed by atoms with Crippen molar-refractivity contribution in [1.29, 1.82) is 0 Å². The quantitative estimate of drug-likeness (QED) is 0.804. The van der Waals surface area contributed by atoms with E-state index in [1.54, 1.807) is 6.92 Å². The topological polar surface area (TPSA) is 40.5 Å². The first-order chi connectivity index (χ1) is 10.7. The van der Waals surface area contributed by atoms with E-state index in [1.165, 1.54) is 5.56 Å². The highest BCUT2D eigenvalue weighted by Crippen LogP contribution is 2.16. The van der Waals surface area contributed by atoms with E-state index in [-0.39, 0.29) is 5.92 Å². The zero-order valence-electron chi connectivity index (χ0n) is 13.0. The lowest BCUT2D eigenvalue weighted by atomic mass is 10.1. The molecule has 1 unspecified atom stereocenters. The molecule has 2 aromatic carbocycles. The number of rotatable bonds is 8. The first-order valence-electron chi connectivity index (χ1n) is 7.73. The summed E-state index contributed by atoms with van der Waals surface area (Å²) in [6.07, 6.45) is 2.01. The molecule has 0 heterocycles. The smallest absolute Gasteiger partial charge is 0.308 e. The summed E-state index contributed by atoms with van der Waals surface area (Å²) in [7, 11) is 0. The van der Waals surface area contributed by atoms with Crippen LogP contribution in [-0.2, 0) is 11.2 Å². The largest absolute Gasteiger partial charge is 0.481 e. The van der Waals surface area contributed by atoms with E-state index in [0.717, 1.165) is 25.1 Å². The van der Waals surface area contributed by atoms with E-state index in [2.05, 4.69) is 29.2 Å². The fraction of sp³-hybridized carbons (Fsp3) is 0.316. The molecule has 0 aliphatic rings. The molecule has 0 saturated heterocycles. The van der Waals surface area contributed by atoms with Gasteiger partial charge in [-0.05, 0) is 30.5 Å². The van der Waals surface area contributed by atoms with Crippen LogP contribution in [0.5, 0.6) is 0 Å². The van der Waals surface area contributed by atoms with E-state index in [4.69, 9.17) is 5.11 Å². The molecule has 0 aromatic heterocycles. The molecule has 2 aromatic rings. The van der Waals surface area contributed by atoms with Gasteiger partial charge in [-0.2, -0.15) is 0 Å². The number of hydrogen-bond donors (Lipinski definition) is 1. The third kappa shape index (κ3) is 4.92. The number of para-hydroxylation sites is 1. The predicted octanol–water partition coefficient (Wildman–Crippen LogP) is 3.85. The Morgan fingerprint density at radius 1 is 1.05 bits per heavy atom. The summed E-state index contributed by atoms with van der Waals surface area (Å²) in [6, 6.07) is 20.4. The van der Waals surface area contributed by atoms with Crippen molar-refractivity contribution in [3.05, 3.63) is 66.2 Å². The molecule has 0 amide bonds. The van der Waals surface area contributed by atoms with Gasteiger partial charge in [0.1, 0.15) is 0 Å². The summed E-state index contributed by atoms with van der Waals surface area (Å²) in [5, 5.41) is 9.15. The highest BCUT2D eigenvalue weighted by molar-refractivity contribution is 5.70. The number of carboxylic acids is 1. The average molecular weight is 297 g/mol. The molecule has 1 atom stereocenters. The molecular formula is C19H23NO2. The zero-order chi connectivity index (χ0) is 15.8. The summed E-state index contributed by atoms with van der Waals surface area (Å²) >= 11 is 0. The number of aliphatic carboxylic acids is 1. The molecule has 0 bridgehead atoms. The molecule has 0 spiro atoms. The number of anilines is 1. The number of carboxylic acid groups (broad SMARTS) is 1. The second-order valence-corrected chi connectivity index (χ2v) is 5.61. The van der Waals surface area contributed by atoms with Gasteiger partial charge in [-0.15, -0.1) is 0 Å². The van der Waals surface area contributed by atoms with Crippen LogP contribution in [0.2, 0.25) is 0 Å². The Labute approximate surface area is 132 Å². The fourth-order valence-corrected chi connectivity index (χ4v) is 2.49. The van der Waals surface area contributed by atoms with Crippen molar-refractivity contribution in [2.24, 2.45) is 5.92 Å². The molecule has 0 radical (unpaired) electrons. The van der Waals surface area contributed by atoms with Gasteiger partial charge in [-0.1, -0.05) is 55.5 Å². The second kappa shape index (κ2) is 8.23. The standard InChI is InChI=1S/C19H23NO2/c1-16(19(21)22)15-20(18-12-6-3-7-13-18)14-8-11-17-9-4-2-5-10-17/h2-7,9-10,12-13,16H,8,11,14-15H2,1H3,(H,21,22). The molecule has 0 aliphatic heterocycles. The first kappa shape index (κ1) is 16.1. The van der Waals surface area contributed by atoms with Crippen molar-refractivity contribution in [3.63, 3.8) is 0 Å². The van der Waals surface area contributed by atoms with Crippen molar-refractivity contribution in [2.75, 3.05) is 18.0 Å². The normalized spacial score (nSPS) is 11.9. The Balaban J connectivity index is 1.97. The van der Waals surface area contributed by atoms with E-state index < -0.39 is 5.97 Å². The highest BCUT2D eigenvalue weighted by atomic mass is 16.4. The lowest BCUT2D eigenvalue weighted by Gasteiger charge is -2.26. The minimum atomic E-state index is -0.746. The number of aryl methyl sites for hydroxylation is 1. The molecule has 1 N–H and O–H groups in total. The lowest BCUT2D eigenvalue weighted by Crippen LogP contribution is -2.32. The van der Waals surface area contributed by atoms with Gasteiger partial charge in [0.25, 0.3) is 0 Å². The molecule has 0 aliphatic carbocycles. The van der Waals surface area contributed by atoms with Gasteiger partial charge in [0, 0.05) is 18.8 Å². The van der Waals surface area contributed by atoms with Gasteiger partial charge in [-0.25, -0.2) is 0 Å². The molecule has 0 fully saturated rings. The van der Waals surface area contributed by atoms with Crippen molar-refractivity contribution in [1.82, 2.24) is 0 Å². The number of benzene rings is 2. The molecular weight excluding hydrogens is 274 g/mol. The monoisotopic (exact) mass is 297 g/mol. The molecule has 0 saturated carbocycles. The Bertz CT molecular complexity index is 569.